The molecule has 6 heteroatoms. The molecule has 0 unspecified atom stereocenters. The normalized spacial score (nSPS) is 10.8. The Morgan fingerprint density at radius 1 is 1.21 bits per heavy atom. The van der Waals surface area contributed by atoms with E-state index in [1.54, 1.807) is 0 Å². The van der Waals surface area contributed by atoms with E-state index in [9.17, 15) is 9.59 Å². The molecule has 0 aliphatic carbocycles. The van der Waals surface area contributed by atoms with Crippen LogP contribution in [0.4, 0.5) is 5.69 Å². The maximum Gasteiger partial charge on any atom is 0.242 e. The van der Waals surface area contributed by atoms with Crippen molar-refractivity contribution in [3.05, 3.63) is 30.5 Å². The Morgan fingerprint density at radius 2 is 1.96 bits per heavy atom. The van der Waals surface area contributed by atoms with Crippen LogP contribution in [0, 0.1) is 0 Å². The van der Waals surface area contributed by atoms with Crippen molar-refractivity contribution in [1.29, 1.82) is 0 Å². The number of aromatic nitrogens is 1. The average molecular weight is 330 g/mol. The summed E-state index contributed by atoms with van der Waals surface area (Å²) in [6, 6.07) is 7.68. The Hall–Kier alpha value is -2.34. The molecule has 2 amide bonds. The molecule has 2 aromatic rings. The Bertz CT molecular complexity index is 704. The first-order valence-corrected chi connectivity index (χ1v) is 8.45. The van der Waals surface area contributed by atoms with Crippen molar-refractivity contribution in [2.24, 2.45) is 5.73 Å². The zero-order valence-corrected chi connectivity index (χ0v) is 14.4. The van der Waals surface area contributed by atoms with Crippen LogP contribution in [0.5, 0.6) is 0 Å². The van der Waals surface area contributed by atoms with Crippen molar-refractivity contribution in [3.8, 4) is 0 Å². The average Bonchev–Trinajstić information content (AvgIpc) is 2.96. The zero-order valence-electron chi connectivity index (χ0n) is 14.4. The van der Waals surface area contributed by atoms with Gasteiger partial charge in [0.2, 0.25) is 11.8 Å². The molecule has 24 heavy (non-hydrogen) atoms. The van der Waals surface area contributed by atoms with Gasteiger partial charge in [-0.15, -0.1) is 0 Å². The van der Waals surface area contributed by atoms with Crippen molar-refractivity contribution in [2.45, 2.75) is 33.2 Å². The van der Waals surface area contributed by atoms with E-state index in [1.807, 2.05) is 53.8 Å². The highest BCUT2D eigenvalue weighted by atomic mass is 16.2. The third kappa shape index (κ3) is 4.35. The quantitative estimate of drug-likeness (QED) is 0.778. The van der Waals surface area contributed by atoms with Crippen molar-refractivity contribution in [1.82, 2.24) is 9.47 Å². The molecule has 1 aromatic heterocycles. The number of anilines is 1. The summed E-state index contributed by atoms with van der Waals surface area (Å²) in [7, 11) is 0. The second-order valence-electron chi connectivity index (χ2n) is 5.72. The SMILES string of the molecule is CCN(CC)C(=O)Cn1ccc2cc(NC(=O)CCCN)ccc21. The lowest BCUT2D eigenvalue weighted by Gasteiger charge is -2.19. The summed E-state index contributed by atoms with van der Waals surface area (Å²) >= 11 is 0. The highest BCUT2D eigenvalue weighted by Gasteiger charge is 2.12. The molecule has 2 rings (SSSR count). The van der Waals surface area contributed by atoms with Gasteiger partial charge < -0.3 is 20.5 Å². The minimum Gasteiger partial charge on any atom is -0.342 e. The van der Waals surface area contributed by atoms with Gasteiger partial charge in [0.05, 0.1) is 0 Å². The Labute approximate surface area is 142 Å². The molecule has 0 radical (unpaired) electrons. The van der Waals surface area contributed by atoms with Crippen LogP contribution in [0.2, 0.25) is 0 Å². The maximum absolute atomic E-state index is 12.3. The van der Waals surface area contributed by atoms with Crippen LogP contribution in [-0.4, -0.2) is 40.9 Å². The third-order valence-electron chi connectivity index (χ3n) is 4.08. The minimum atomic E-state index is -0.0315. The molecule has 0 saturated heterocycles. The van der Waals surface area contributed by atoms with Crippen LogP contribution in [0.15, 0.2) is 30.5 Å². The molecule has 0 aliphatic heterocycles. The fourth-order valence-electron chi connectivity index (χ4n) is 2.72. The fourth-order valence-corrected chi connectivity index (χ4v) is 2.72. The van der Waals surface area contributed by atoms with Crippen molar-refractivity contribution in [2.75, 3.05) is 25.0 Å². The summed E-state index contributed by atoms with van der Waals surface area (Å²) in [4.78, 5) is 25.9. The molecular weight excluding hydrogens is 304 g/mol. The maximum atomic E-state index is 12.3. The summed E-state index contributed by atoms with van der Waals surface area (Å²) in [6.45, 7) is 6.23. The summed E-state index contributed by atoms with van der Waals surface area (Å²) in [5.74, 6) is 0.0765. The van der Waals surface area contributed by atoms with Gasteiger partial charge in [-0.25, -0.2) is 0 Å². The number of amides is 2. The summed E-state index contributed by atoms with van der Waals surface area (Å²) in [6.07, 6.45) is 3.01. The molecule has 0 spiro atoms. The van der Waals surface area contributed by atoms with Gasteiger partial charge in [-0.3, -0.25) is 9.59 Å². The number of benzene rings is 1. The monoisotopic (exact) mass is 330 g/mol. The second-order valence-corrected chi connectivity index (χ2v) is 5.72. The number of fused-ring (bicyclic) bond motifs is 1. The zero-order chi connectivity index (χ0) is 17.5. The molecular formula is C18H26N4O2. The van der Waals surface area contributed by atoms with Gasteiger partial charge in [0.1, 0.15) is 6.54 Å². The van der Waals surface area contributed by atoms with E-state index in [2.05, 4.69) is 5.32 Å². The number of likely N-dealkylation sites (N-methyl/N-ethyl adjacent to an activating group) is 1. The first-order chi connectivity index (χ1) is 11.6. The standard InChI is InChI=1S/C18H26N4O2/c1-3-21(4-2)18(24)13-22-11-9-14-12-15(7-8-16(14)22)20-17(23)6-5-10-19/h7-9,11-12H,3-6,10,13,19H2,1-2H3,(H,20,23). The molecule has 0 fully saturated rings. The van der Waals surface area contributed by atoms with Crippen LogP contribution in [-0.2, 0) is 16.1 Å². The number of nitrogens with zero attached hydrogens (tertiary/aromatic N) is 2. The van der Waals surface area contributed by atoms with Crippen molar-refractivity contribution >= 4 is 28.4 Å². The van der Waals surface area contributed by atoms with Crippen molar-refractivity contribution < 1.29 is 9.59 Å². The smallest absolute Gasteiger partial charge is 0.242 e. The van der Waals surface area contributed by atoms with Crippen molar-refractivity contribution in [3.63, 3.8) is 0 Å². The number of rotatable bonds is 8. The van der Waals surface area contributed by atoms with Gasteiger partial charge in [-0.1, -0.05) is 0 Å². The van der Waals surface area contributed by atoms with Crippen LogP contribution in [0.1, 0.15) is 26.7 Å². The summed E-state index contributed by atoms with van der Waals surface area (Å²) < 4.78 is 1.94. The van der Waals surface area contributed by atoms with Crippen LogP contribution in [0.25, 0.3) is 10.9 Å². The van der Waals surface area contributed by atoms with E-state index in [4.69, 9.17) is 5.73 Å². The topological polar surface area (TPSA) is 80.4 Å². The Balaban J connectivity index is 2.10. The lowest BCUT2D eigenvalue weighted by atomic mass is 10.2. The molecule has 3 N–H and O–H groups in total. The summed E-state index contributed by atoms with van der Waals surface area (Å²) in [5.41, 5.74) is 7.16. The number of hydrogen-bond acceptors (Lipinski definition) is 3. The lowest BCUT2D eigenvalue weighted by molar-refractivity contribution is -0.131. The van der Waals surface area contributed by atoms with Crippen LogP contribution < -0.4 is 11.1 Å². The first kappa shape index (κ1) is 18.0. The van der Waals surface area contributed by atoms with E-state index in [0.717, 1.165) is 16.6 Å². The molecule has 0 saturated carbocycles. The van der Waals surface area contributed by atoms with Gasteiger partial charge in [-0.2, -0.15) is 0 Å². The van der Waals surface area contributed by atoms with Gasteiger partial charge >= 0.3 is 0 Å². The predicted molar refractivity (Wildman–Crippen MR) is 96.8 cm³/mol. The van der Waals surface area contributed by atoms with E-state index >= 15 is 0 Å². The molecule has 130 valence electrons. The summed E-state index contributed by atoms with van der Waals surface area (Å²) in [5, 5.41) is 3.88. The molecule has 0 atom stereocenters. The Morgan fingerprint density at radius 3 is 2.62 bits per heavy atom. The number of carbonyl (C=O) groups excluding carboxylic acids is 2. The highest BCUT2D eigenvalue weighted by Crippen LogP contribution is 2.21. The van der Waals surface area contributed by atoms with E-state index in [0.29, 0.717) is 39.0 Å². The number of nitrogens with one attached hydrogen (secondary N) is 1. The Kier molecular flexibility index (Phi) is 6.37. The predicted octanol–water partition coefficient (Wildman–Crippen LogP) is 2.19. The molecule has 0 bridgehead atoms. The molecule has 1 heterocycles. The number of hydrogen-bond donors (Lipinski definition) is 2. The molecule has 0 aliphatic rings. The number of carbonyl (C=O) groups is 2. The van der Waals surface area contributed by atoms with Gasteiger partial charge in [0.25, 0.3) is 0 Å². The van der Waals surface area contributed by atoms with Crippen LogP contribution >= 0.6 is 0 Å². The van der Waals surface area contributed by atoms with Crippen LogP contribution in [0.3, 0.4) is 0 Å². The fraction of sp³-hybridized carbons (Fsp3) is 0.444. The lowest BCUT2D eigenvalue weighted by Crippen LogP contribution is -2.33. The van der Waals surface area contributed by atoms with E-state index in [-0.39, 0.29) is 11.8 Å². The first-order valence-electron chi connectivity index (χ1n) is 8.45. The second kappa shape index (κ2) is 8.49. The third-order valence-corrected chi connectivity index (χ3v) is 4.08. The van der Waals surface area contributed by atoms with E-state index in [1.165, 1.54) is 0 Å². The van der Waals surface area contributed by atoms with E-state index < -0.39 is 0 Å². The van der Waals surface area contributed by atoms with Gasteiger partial charge in [0.15, 0.2) is 0 Å². The highest BCUT2D eigenvalue weighted by molar-refractivity contribution is 5.94. The largest absolute Gasteiger partial charge is 0.342 e. The van der Waals surface area contributed by atoms with Gasteiger partial charge in [0, 0.05) is 42.3 Å². The minimum absolute atomic E-state index is 0.0315. The molecule has 1 aromatic carbocycles. The molecule has 6 nitrogen and oxygen atoms in total. The number of nitrogens with two attached hydrogens (primary N) is 1. The van der Waals surface area contributed by atoms with Gasteiger partial charge in [-0.05, 0) is 51.1 Å².